The molecule has 154 valence electrons. The summed E-state index contributed by atoms with van der Waals surface area (Å²) in [5.74, 6) is -2.13. The number of ether oxygens (including phenoxy) is 3. The van der Waals surface area contributed by atoms with Gasteiger partial charge in [0.05, 0.1) is 18.4 Å². The van der Waals surface area contributed by atoms with Crippen LogP contribution in [0.15, 0.2) is 35.5 Å². The molecule has 0 radical (unpaired) electrons. The molecule has 0 aromatic carbocycles. The largest absolute Gasteiger partial charge is 0.458 e. The molecule has 1 saturated heterocycles. The first-order chi connectivity index (χ1) is 13.4. The number of aldehydes is 1. The van der Waals surface area contributed by atoms with Crippen LogP contribution in [0, 0.1) is 11.8 Å². The third-order valence-corrected chi connectivity index (χ3v) is 5.35. The zero-order valence-electron chi connectivity index (χ0n) is 16.6. The summed E-state index contributed by atoms with van der Waals surface area (Å²) in [6, 6.07) is 0. The molecule has 0 amide bonds. The van der Waals surface area contributed by atoms with Crippen LogP contribution in [-0.2, 0) is 28.6 Å². The van der Waals surface area contributed by atoms with E-state index in [1.807, 2.05) is 6.92 Å². The van der Waals surface area contributed by atoms with Gasteiger partial charge in [-0.1, -0.05) is 26.5 Å². The van der Waals surface area contributed by atoms with Crippen molar-refractivity contribution in [2.24, 2.45) is 11.8 Å². The number of rotatable bonds is 6. The second-order valence-corrected chi connectivity index (χ2v) is 7.13. The van der Waals surface area contributed by atoms with E-state index in [1.165, 1.54) is 7.11 Å². The van der Waals surface area contributed by atoms with Crippen molar-refractivity contribution in [1.29, 1.82) is 0 Å². The van der Waals surface area contributed by atoms with E-state index in [0.717, 1.165) is 0 Å². The van der Waals surface area contributed by atoms with E-state index in [-0.39, 0.29) is 18.1 Å². The molecule has 1 fully saturated rings. The quantitative estimate of drug-likeness (QED) is 0.319. The van der Waals surface area contributed by atoms with Gasteiger partial charge in [0.2, 0.25) is 0 Å². The summed E-state index contributed by atoms with van der Waals surface area (Å²) in [5.41, 5.74) is 1.13. The summed E-state index contributed by atoms with van der Waals surface area (Å²) < 4.78 is 16.7. The predicted molar refractivity (Wildman–Crippen MR) is 101 cm³/mol. The van der Waals surface area contributed by atoms with Crippen molar-refractivity contribution in [2.75, 3.05) is 13.7 Å². The topological polar surface area (TPSA) is 99.1 Å². The highest BCUT2D eigenvalue weighted by Crippen LogP contribution is 2.37. The fourth-order valence-corrected chi connectivity index (χ4v) is 3.43. The van der Waals surface area contributed by atoms with Gasteiger partial charge < -0.3 is 19.3 Å². The number of carbonyl (C=O) groups is 3. The molecule has 0 saturated carbocycles. The van der Waals surface area contributed by atoms with Gasteiger partial charge in [-0.05, 0) is 30.9 Å². The second kappa shape index (κ2) is 9.80. The average molecular weight is 392 g/mol. The van der Waals surface area contributed by atoms with Crippen LogP contribution in [0.1, 0.15) is 33.1 Å². The fourth-order valence-electron chi connectivity index (χ4n) is 3.43. The normalized spacial score (nSPS) is 32.9. The molecule has 0 aromatic heterocycles. The van der Waals surface area contributed by atoms with Crippen LogP contribution >= 0.6 is 0 Å². The van der Waals surface area contributed by atoms with Crippen LogP contribution in [0.3, 0.4) is 0 Å². The van der Waals surface area contributed by atoms with E-state index >= 15 is 0 Å². The third kappa shape index (κ3) is 4.59. The van der Waals surface area contributed by atoms with Crippen molar-refractivity contribution < 1.29 is 33.7 Å². The van der Waals surface area contributed by atoms with Gasteiger partial charge in [-0.25, -0.2) is 4.79 Å². The molecule has 0 spiro atoms. The average Bonchev–Trinajstić information content (AvgIpc) is 2.97. The van der Waals surface area contributed by atoms with Crippen molar-refractivity contribution in [3.63, 3.8) is 0 Å². The van der Waals surface area contributed by atoms with E-state index in [0.29, 0.717) is 36.7 Å². The molecule has 7 nitrogen and oxygen atoms in total. The molecule has 1 N–H and O–H groups in total. The molecule has 0 aromatic rings. The monoisotopic (exact) mass is 392 g/mol. The van der Waals surface area contributed by atoms with Gasteiger partial charge in [-0.2, -0.15) is 0 Å². The lowest BCUT2D eigenvalue weighted by molar-refractivity contribution is -0.164. The predicted octanol–water partition coefficient (Wildman–Crippen LogP) is 1.89. The lowest BCUT2D eigenvalue weighted by atomic mass is 9.83. The molecule has 1 aliphatic carbocycles. The number of aliphatic hydroxyl groups excluding tert-OH is 1. The van der Waals surface area contributed by atoms with Crippen LogP contribution in [0.4, 0.5) is 0 Å². The van der Waals surface area contributed by atoms with Gasteiger partial charge in [0.15, 0.2) is 0 Å². The zero-order chi connectivity index (χ0) is 20.8. The first kappa shape index (κ1) is 22.0. The molecule has 0 bridgehead atoms. The Bertz CT molecular complexity index is 691. The van der Waals surface area contributed by atoms with Crippen LogP contribution < -0.4 is 0 Å². The number of methoxy groups -OCH3 is 1. The molecule has 5 atom stereocenters. The van der Waals surface area contributed by atoms with Crippen molar-refractivity contribution >= 4 is 18.2 Å². The number of allylic oxidation sites excluding steroid dienone is 1. The van der Waals surface area contributed by atoms with Crippen LogP contribution in [0.25, 0.3) is 0 Å². The molecule has 1 aliphatic heterocycles. The minimum Gasteiger partial charge on any atom is -0.458 e. The van der Waals surface area contributed by atoms with Gasteiger partial charge in [0.25, 0.3) is 0 Å². The Morgan fingerprint density at radius 3 is 2.79 bits per heavy atom. The summed E-state index contributed by atoms with van der Waals surface area (Å²) in [6.45, 7) is 7.22. The Balaban J connectivity index is 2.56. The SMILES string of the molecule is C=C1C(=O)O[C@@H]2/C=C(/CO)CC/C=C(/C=O)[C@H](OC)[C@H](OC(=O)[C@H](C)CC)[C@H]12. The Labute approximate surface area is 165 Å². The second-order valence-electron chi connectivity index (χ2n) is 7.13. The molecule has 1 heterocycles. The van der Waals surface area contributed by atoms with E-state index in [4.69, 9.17) is 14.2 Å². The minimum atomic E-state index is -0.971. The van der Waals surface area contributed by atoms with Gasteiger partial charge in [0.1, 0.15) is 24.6 Å². The molecule has 2 aliphatic rings. The van der Waals surface area contributed by atoms with Gasteiger partial charge in [0, 0.05) is 18.3 Å². The molecule has 28 heavy (non-hydrogen) atoms. The molecule has 7 heteroatoms. The number of esters is 2. The summed E-state index contributed by atoms with van der Waals surface area (Å²) >= 11 is 0. The number of fused-ring (bicyclic) bond motifs is 1. The molecule has 0 unspecified atom stereocenters. The fraction of sp³-hybridized carbons (Fsp3) is 0.571. The van der Waals surface area contributed by atoms with E-state index in [2.05, 4.69) is 6.58 Å². The van der Waals surface area contributed by atoms with Crippen molar-refractivity contribution in [1.82, 2.24) is 0 Å². The number of hydrogen-bond acceptors (Lipinski definition) is 7. The first-order valence-corrected chi connectivity index (χ1v) is 9.46. The summed E-state index contributed by atoms with van der Waals surface area (Å²) in [5, 5.41) is 9.63. The van der Waals surface area contributed by atoms with Crippen molar-refractivity contribution in [2.45, 2.75) is 51.4 Å². The minimum absolute atomic E-state index is 0.147. The number of hydrogen-bond donors (Lipinski definition) is 1. The van der Waals surface area contributed by atoms with Crippen LogP contribution in [0.5, 0.6) is 0 Å². The Morgan fingerprint density at radius 2 is 2.21 bits per heavy atom. The smallest absolute Gasteiger partial charge is 0.334 e. The summed E-state index contributed by atoms with van der Waals surface area (Å²) in [7, 11) is 1.42. The maximum absolute atomic E-state index is 12.6. The molecular formula is C21H28O7. The summed E-state index contributed by atoms with van der Waals surface area (Å²) in [6.07, 6.45) is 3.01. The Kier molecular flexibility index (Phi) is 7.71. The highest BCUT2D eigenvalue weighted by molar-refractivity contribution is 5.91. The van der Waals surface area contributed by atoms with E-state index in [9.17, 15) is 19.5 Å². The standard InChI is InChI=1S/C21H28O7/c1-5-12(2)20(24)28-19-17-13(3)21(25)27-16(17)9-14(10-22)7-6-8-15(11-23)18(19)26-4/h8-9,11-12,16-19,22H,3,5-7,10H2,1-2,4H3/b14-9+,15-8-/t12-,16-,17-,18+,19-/m1/s1. The number of aliphatic hydroxyl groups is 1. The maximum atomic E-state index is 12.6. The molecule has 2 rings (SSSR count). The van der Waals surface area contributed by atoms with Crippen LogP contribution in [0.2, 0.25) is 0 Å². The van der Waals surface area contributed by atoms with Gasteiger partial charge in [-0.15, -0.1) is 0 Å². The van der Waals surface area contributed by atoms with Gasteiger partial charge >= 0.3 is 11.9 Å². The van der Waals surface area contributed by atoms with Crippen LogP contribution in [-0.4, -0.2) is 55.4 Å². The Morgan fingerprint density at radius 1 is 1.50 bits per heavy atom. The zero-order valence-corrected chi connectivity index (χ0v) is 16.6. The van der Waals surface area contributed by atoms with E-state index in [1.54, 1.807) is 19.1 Å². The maximum Gasteiger partial charge on any atom is 0.334 e. The third-order valence-electron chi connectivity index (χ3n) is 5.35. The Hall–Kier alpha value is -2.25. The van der Waals surface area contributed by atoms with Crippen molar-refractivity contribution in [3.8, 4) is 0 Å². The highest BCUT2D eigenvalue weighted by Gasteiger charge is 2.48. The van der Waals surface area contributed by atoms with Crippen molar-refractivity contribution in [3.05, 3.63) is 35.5 Å². The lowest BCUT2D eigenvalue weighted by Crippen LogP contribution is -2.44. The van der Waals surface area contributed by atoms with Gasteiger partial charge in [-0.3, -0.25) is 9.59 Å². The lowest BCUT2D eigenvalue weighted by Gasteiger charge is -2.33. The first-order valence-electron chi connectivity index (χ1n) is 9.46. The summed E-state index contributed by atoms with van der Waals surface area (Å²) in [4.78, 5) is 36.5. The van der Waals surface area contributed by atoms with E-state index < -0.39 is 36.2 Å². The highest BCUT2D eigenvalue weighted by atomic mass is 16.6. The number of carbonyl (C=O) groups excluding carboxylic acids is 3. The molecular weight excluding hydrogens is 364 g/mol.